The molecule has 0 fully saturated rings. The van der Waals surface area contributed by atoms with Crippen LogP contribution in [0.3, 0.4) is 0 Å². The Labute approximate surface area is 224 Å². The van der Waals surface area contributed by atoms with Gasteiger partial charge in [-0.15, -0.1) is 10.2 Å². The van der Waals surface area contributed by atoms with Crippen LogP contribution in [0.1, 0.15) is 44.1 Å². The lowest BCUT2D eigenvalue weighted by molar-refractivity contribution is -0.128. The first-order valence-corrected chi connectivity index (χ1v) is 12.5. The van der Waals surface area contributed by atoms with Crippen molar-refractivity contribution in [3.8, 4) is 23.1 Å². The van der Waals surface area contributed by atoms with Crippen molar-refractivity contribution in [1.82, 2.24) is 25.5 Å². The Bertz CT molecular complexity index is 1500. The van der Waals surface area contributed by atoms with Crippen LogP contribution in [0, 0.1) is 13.8 Å². The van der Waals surface area contributed by atoms with Gasteiger partial charge in [0.25, 0.3) is 11.8 Å². The summed E-state index contributed by atoms with van der Waals surface area (Å²) >= 11 is 0. The number of hydrogen-bond donors (Lipinski definition) is 1. The number of benzene rings is 1. The highest BCUT2D eigenvalue weighted by atomic mass is 16.6. The SMILES string of the molecule is Cc1ccc(-c2nnn(CC(=O)N(c3ccc4c(c3)OCCO4)[C@@H](C(=O)NC(C)(C)C)c3ccc(C)o3)n2)o1. The van der Waals surface area contributed by atoms with Crippen LogP contribution >= 0.6 is 0 Å². The van der Waals surface area contributed by atoms with E-state index in [1.54, 1.807) is 49.4 Å². The monoisotopic (exact) mass is 534 g/mol. The van der Waals surface area contributed by atoms with Gasteiger partial charge in [0.05, 0.1) is 0 Å². The highest BCUT2D eigenvalue weighted by Gasteiger charge is 2.37. The maximum atomic E-state index is 14.0. The Morgan fingerprint density at radius 3 is 2.38 bits per heavy atom. The molecule has 0 saturated carbocycles. The molecule has 0 radical (unpaired) electrons. The van der Waals surface area contributed by atoms with Crippen molar-refractivity contribution in [3.05, 3.63) is 59.7 Å². The first kappa shape index (κ1) is 26.0. The second-order valence-corrected chi connectivity index (χ2v) is 10.2. The van der Waals surface area contributed by atoms with E-state index in [0.29, 0.717) is 53.4 Å². The van der Waals surface area contributed by atoms with E-state index < -0.39 is 23.4 Å². The number of aromatic nitrogens is 4. The summed E-state index contributed by atoms with van der Waals surface area (Å²) in [5.41, 5.74) is -0.156. The highest BCUT2D eigenvalue weighted by molar-refractivity contribution is 6.01. The average Bonchev–Trinajstić information content (AvgIpc) is 3.62. The molecule has 3 aromatic heterocycles. The van der Waals surface area contributed by atoms with E-state index in [1.165, 1.54) is 4.90 Å². The standard InChI is InChI=1S/C27H30N6O6/c1-16-6-9-20(38-16)24(26(35)28-27(3,4)5)33(18-8-11-19-22(14-18)37-13-12-36-19)23(34)15-32-30-25(29-31-32)21-10-7-17(2)39-21/h6-11,14,24H,12-13,15H2,1-5H3,(H,28,35)/t24-/m1/s1. The number of carbonyl (C=O) groups excluding carboxylic acids is 2. The van der Waals surface area contributed by atoms with Crippen molar-refractivity contribution in [2.45, 2.75) is 52.7 Å². The average molecular weight is 535 g/mol. The molecule has 0 aliphatic carbocycles. The van der Waals surface area contributed by atoms with E-state index in [4.69, 9.17) is 18.3 Å². The van der Waals surface area contributed by atoms with E-state index in [-0.39, 0.29) is 12.4 Å². The third-order valence-corrected chi connectivity index (χ3v) is 5.80. The summed E-state index contributed by atoms with van der Waals surface area (Å²) in [6.07, 6.45) is 0. The molecule has 1 N–H and O–H groups in total. The molecule has 1 aromatic carbocycles. The van der Waals surface area contributed by atoms with Gasteiger partial charge in [-0.25, -0.2) is 0 Å². The van der Waals surface area contributed by atoms with E-state index >= 15 is 0 Å². The zero-order valence-corrected chi connectivity index (χ0v) is 22.4. The number of amides is 2. The Hall–Kier alpha value is -4.61. The van der Waals surface area contributed by atoms with Gasteiger partial charge in [0.15, 0.2) is 23.3 Å². The van der Waals surface area contributed by atoms with Crippen LogP contribution in [0.2, 0.25) is 0 Å². The van der Waals surface area contributed by atoms with E-state index in [2.05, 4.69) is 20.7 Å². The van der Waals surface area contributed by atoms with Crippen LogP contribution in [-0.2, 0) is 16.1 Å². The number of ether oxygens (including phenoxy) is 2. The maximum absolute atomic E-state index is 14.0. The summed E-state index contributed by atoms with van der Waals surface area (Å²) < 4.78 is 22.9. The number of furan rings is 2. The van der Waals surface area contributed by atoms with Crippen LogP contribution in [0.5, 0.6) is 11.5 Å². The van der Waals surface area contributed by atoms with E-state index in [0.717, 1.165) is 4.80 Å². The Morgan fingerprint density at radius 1 is 1.00 bits per heavy atom. The topological polar surface area (TPSA) is 138 Å². The molecule has 0 spiro atoms. The minimum absolute atomic E-state index is 0.241. The van der Waals surface area contributed by atoms with Crippen molar-refractivity contribution in [1.29, 1.82) is 0 Å². The summed E-state index contributed by atoms with van der Waals surface area (Å²) in [7, 11) is 0. The summed E-state index contributed by atoms with van der Waals surface area (Å²) in [6, 6.07) is 10.9. The lowest BCUT2D eigenvalue weighted by atomic mass is 10.1. The number of carbonyl (C=O) groups is 2. The van der Waals surface area contributed by atoms with Gasteiger partial charge in [0, 0.05) is 17.3 Å². The fourth-order valence-corrected chi connectivity index (χ4v) is 4.19. The molecular weight excluding hydrogens is 504 g/mol. The van der Waals surface area contributed by atoms with Crippen molar-refractivity contribution >= 4 is 17.5 Å². The second-order valence-electron chi connectivity index (χ2n) is 10.2. The zero-order chi connectivity index (χ0) is 27.7. The van der Waals surface area contributed by atoms with Gasteiger partial charge < -0.3 is 23.6 Å². The van der Waals surface area contributed by atoms with Gasteiger partial charge in [-0.2, -0.15) is 4.80 Å². The van der Waals surface area contributed by atoms with Gasteiger partial charge in [0.1, 0.15) is 37.0 Å². The first-order chi connectivity index (χ1) is 18.6. The molecule has 1 atom stereocenters. The first-order valence-electron chi connectivity index (χ1n) is 12.5. The van der Waals surface area contributed by atoms with Gasteiger partial charge in [-0.1, -0.05) is 0 Å². The van der Waals surface area contributed by atoms with Crippen molar-refractivity contribution in [2.75, 3.05) is 18.1 Å². The largest absolute Gasteiger partial charge is 0.486 e. The fourth-order valence-electron chi connectivity index (χ4n) is 4.19. The van der Waals surface area contributed by atoms with Crippen LogP contribution in [0.4, 0.5) is 5.69 Å². The number of nitrogens with zero attached hydrogens (tertiary/aromatic N) is 5. The number of tetrazole rings is 1. The number of hydrogen-bond acceptors (Lipinski definition) is 9. The molecule has 4 heterocycles. The fraction of sp³-hybridized carbons (Fsp3) is 0.370. The third-order valence-electron chi connectivity index (χ3n) is 5.80. The third kappa shape index (κ3) is 5.79. The molecule has 12 nitrogen and oxygen atoms in total. The van der Waals surface area contributed by atoms with Gasteiger partial charge in [-0.3, -0.25) is 14.5 Å². The molecule has 39 heavy (non-hydrogen) atoms. The Morgan fingerprint density at radius 2 is 1.72 bits per heavy atom. The number of rotatable bonds is 7. The minimum atomic E-state index is -1.14. The number of nitrogens with one attached hydrogen (secondary N) is 1. The van der Waals surface area contributed by atoms with Gasteiger partial charge in [-0.05, 0) is 76.2 Å². The van der Waals surface area contributed by atoms with Crippen molar-refractivity contribution < 1.29 is 27.9 Å². The van der Waals surface area contributed by atoms with Crippen LogP contribution < -0.4 is 19.7 Å². The molecular formula is C27H30N6O6. The molecule has 0 unspecified atom stereocenters. The molecule has 204 valence electrons. The van der Waals surface area contributed by atoms with Crippen molar-refractivity contribution in [3.63, 3.8) is 0 Å². The predicted molar refractivity (Wildman–Crippen MR) is 139 cm³/mol. The van der Waals surface area contributed by atoms with Gasteiger partial charge >= 0.3 is 0 Å². The number of aryl methyl sites for hydroxylation is 2. The van der Waals surface area contributed by atoms with Crippen LogP contribution in [-0.4, -0.2) is 50.8 Å². The smallest absolute Gasteiger partial charge is 0.251 e. The minimum Gasteiger partial charge on any atom is -0.486 e. The molecule has 1 aliphatic heterocycles. The molecule has 2 amide bonds. The molecule has 0 bridgehead atoms. The summed E-state index contributed by atoms with van der Waals surface area (Å²) in [4.78, 5) is 30.3. The Balaban J connectivity index is 1.55. The molecule has 1 aliphatic rings. The van der Waals surface area contributed by atoms with E-state index in [9.17, 15) is 9.59 Å². The quantitative estimate of drug-likeness (QED) is 0.377. The Kier molecular flexibility index (Phi) is 6.85. The van der Waals surface area contributed by atoms with Crippen molar-refractivity contribution in [2.24, 2.45) is 0 Å². The second kappa shape index (κ2) is 10.3. The number of anilines is 1. The number of fused-ring (bicyclic) bond motifs is 1. The normalized spacial score (nSPS) is 13.7. The van der Waals surface area contributed by atoms with E-state index in [1.807, 2.05) is 27.7 Å². The predicted octanol–water partition coefficient (Wildman–Crippen LogP) is 3.60. The zero-order valence-electron chi connectivity index (χ0n) is 22.4. The van der Waals surface area contributed by atoms with Crippen LogP contribution in [0.15, 0.2) is 51.3 Å². The summed E-state index contributed by atoms with van der Waals surface area (Å²) in [5.74, 6) is 2.40. The summed E-state index contributed by atoms with van der Waals surface area (Å²) in [6.45, 7) is 9.66. The molecule has 5 rings (SSSR count). The molecule has 0 saturated heterocycles. The molecule has 12 heteroatoms. The lowest BCUT2D eigenvalue weighted by Gasteiger charge is -2.33. The van der Waals surface area contributed by atoms with Crippen LogP contribution in [0.25, 0.3) is 11.6 Å². The van der Waals surface area contributed by atoms with Gasteiger partial charge in [0.2, 0.25) is 5.82 Å². The lowest BCUT2D eigenvalue weighted by Crippen LogP contribution is -2.50. The summed E-state index contributed by atoms with van der Waals surface area (Å²) in [5, 5.41) is 15.3. The maximum Gasteiger partial charge on any atom is 0.251 e. The molecule has 4 aromatic rings. The highest BCUT2D eigenvalue weighted by Crippen LogP contribution is 2.37.